The van der Waals surface area contributed by atoms with Crippen LogP contribution in [0, 0.1) is 0 Å². The highest BCUT2D eigenvalue weighted by atomic mass is 16.6. The number of methoxy groups -OCH3 is 1. The molecule has 0 aromatic rings. The van der Waals surface area contributed by atoms with Gasteiger partial charge in [-0.2, -0.15) is 0 Å². The second kappa shape index (κ2) is 7.61. The van der Waals surface area contributed by atoms with Crippen LogP contribution in [-0.2, 0) is 14.3 Å². The fraction of sp³-hybridized carbons (Fsp3) is 0.571. The molecule has 0 aliphatic rings. The fourth-order valence-corrected chi connectivity index (χ4v) is 1.43. The van der Waals surface area contributed by atoms with Crippen LogP contribution in [0.1, 0.15) is 27.2 Å². The molecule has 0 spiro atoms. The second-order valence-corrected chi connectivity index (χ2v) is 4.98. The van der Waals surface area contributed by atoms with Crippen LogP contribution in [-0.4, -0.2) is 42.3 Å². The van der Waals surface area contributed by atoms with Gasteiger partial charge in [0.2, 0.25) is 0 Å². The molecule has 0 radical (unpaired) electrons. The summed E-state index contributed by atoms with van der Waals surface area (Å²) < 4.78 is 9.97. The minimum Gasteiger partial charge on any atom is -0.467 e. The number of nitrogens with zero attached hydrogens (tertiary/aromatic N) is 1. The van der Waals surface area contributed by atoms with E-state index in [-0.39, 0.29) is 6.54 Å². The first-order valence-electron chi connectivity index (χ1n) is 6.06. The SMILES string of the molecule is C=CC[C@H](C(=O)OC)N(CC=C)C(=O)OC(C)(C)C. The molecule has 0 N–H and O–H groups in total. The Hall–Kier alpha value is -1.78. The van der Waals surface area contributed by atoms with Crippen LogP contribution in [0.5, 0.6) is 0 Å². The Bertz CT molecular complexity index is 344. The number of carbonyl (C=O) groups is 2. The molecule has 0 unspecified atom stereocenters. The quantitative estimate of drug-likeness (QED) is 0.549. The second-order valence-electron chi connectivity index (χ2n) is 4.98. The van der Waals surface area contributed by atoms with Gasteiger partial charge < -0.3 is 9.47 Å². The molecule has 5 nitrogen and oxygen atoms in total. The van der Waals surface area contributed by atoms with Crippen molar-refractivity contribution in [3.8, 4) is 0 Å². The van der Waals surface area contributed by atoms with Crippen LogP contribution in [0.3, 0.4) is 0 Å². The molecule has 0 saturated heterocycles. The summed E-state index contributed by atoms with van der Waals surface area (Å²) in [7, 11) is 1.28. The largest absolute Gasteiger partial charge is 0.467 e. The molecule has 0 heterocycles. The maximum Gasteiger partial charge on any atom is 0.411 e. The lowest BCUT2D eigenvalue weighted by Gasteiger charge is -2.30. The van der Waals surface area contributed by atoms with Crippen molar-refractivity contribution in [1.82, 2.24) is 4.90 Å². The van der Waals surface area contributed by atoms with E-state index in [1.54, 1.807) is 26.8 Å². The van der Waals surface area contributed by atoms with Crippen molar-refractivity contribution in [3.05, 3.63) is 25.3 Å². The summed E-state index contributed by atoms with van der Waals surface area (Å²) in [5.74, 6) is -0.507. The Morgan fingerprint density at radius 3 is 2.21 bits per heavy atom. The smallest absolute Gasteiger partial charge is 0.411 e. The number of esters is 1. The summed E-state index contributed by atoms with van der Waals surface area (Å²) >= 11 is 0. The summed E-state index contributed by atoms with van der Waals surface area (Å²) in [6.07, 6.45) is 2.80. The highest BCUT2D eigenvalue weighted by molar-refractivity contribution is 5.81. The number of carbonyl (C=O) groups excluding carboxylic acids is 2. The monoisotopic (exact) mass is 269 g/mol. The number of amides is 1. The molecule has 5 heteroatoms. The van der Waals surface area contributed by atoms with Crippen LogP contribution >= 0.6 is 0 Å². The normalized spacial score (nSPS) is 12.2. The molecular formula is C14H23NO4. The number of rotatable bonds is 6. The molecule has 0 aromatic heterocycles. The Balaban J connectivity index is 5.12. The van der Waals surface area contributed by atoms with Gasteiger partial charge in [-0.1, -0.05) is 12.2 Å². The maximum atomic E-state index is 12.1. The molecule has 19 heavy (non-hydrogen) atoms. The molecule has 0 aliphatic heterocycles. The van der Waals surface area contributed by atoms with Crippen LogP contribution in [0.2, 0.25) is 0 Å². The Morgan fingerprint density at radius 2 is 1.84 bits per heavy atom. The number of hydrogen-bond acceptors (Lipinski definition) is 4. The third-order valence-corrected chi connectivity index (χ3v) is 2.19. The van der Waals surface area contributed by atoms with Gasteiger partial charge in [0.05, 0.1) is 7.11 Å². The Labute approximate surface area is 114 Å². The van der Waals surface area contributed by atoms with Gasteiger partial charge in [0.15, 0.2) is 0 Å². The first-order valence-corrected chi connectivity index (χ1v) is 6.06. The van der Waals surface area contributed by atoms with Crippen molar-refractivity contribution in [3.63, 3.8) is 0 Å². The lowest BCUT2D eigenvalue weighted by Crippen LogP contribution is -2.47. The molecule has 108 valence electrons. The molecule has 1 atom stereocenters. The van der Waals surface area contributed by atoms with Crippen molar-refractivity contribution in [2.75, 3.05) is 13.7 Å². The number of hydrogen-bond donors (Lipinski definition) is 0. The first kappa shape index (κ1) is 17.2. The molecule has 0 saturated carbocycles. The lowest BCUT2D eigenvalue weighted by molar-refractivity contribution is -0.146. The predicted molar refractivity (Wildman–Crippen MR) is 73.8 cm³/mol. The van der Waals surface area contributed by atoms with Crippen LogP contribution in [0.15, 0.2) is 25.3 Å². The van der Waals surface area contributed by atoms with Crippen LogP contribution in [0.25, 0.3) is 0 Å². The van der Waals surface area contributed by atoms with Gasteiger partial charge in [-0.15, -0.1) is 13.2 Å². The first-order chi connectivity index (χ1) is 8.76. The molecule has 0 rings (SSSR count). The molecule has 0 aromatic carbocycles. The van der Waals surface area contributed by atoms with E-state index in [9.17, 15) is 9.59 Å². The number of ether oxygens (including phenoxy) is 2. The highest BCUT2D eigenvalue weighted by Crippen LogP contribution is 2.15. The zero-order chi connectivity index (χ0) is 15.1. The maximum absolute atomic E-state index is 12.1. The van der Waals surface area contributed by atoms with Crippen molar-refractivity contribution < 1.29 is 19.1 Å². The van der Waals surface area contributed by atoms with Crippen LogP contribution in [0.4, 0.5) is 4.79 Å². The van der Waals surface area contributed by atoms with Crippen molar-refractivity contribution in [2.24, 2.45) is 0 Å². The van der Waals surface area contributed by atoms with Gasteiger partial charge in [0.25, 0.3) is 0 Å². The summed E-state index contributed by atoms with van der Waals surface area (Å²) in [4.78, 5) is 25.1. The average molecular weight is 269 g/mol. The van der Waals surface area contributed by atoms with E-state index in [0.29, 0.717) is 6.42 Å². The van der Waals surface area contributed by atoms with Crippen molar-refractivity contribution in [1.29, 1.82) is 0 Å². The summed E-state index contributed by atoms with van der Waals surface area (Å²) in [6.45, 7) is 12.6. The summed E-state index contributed by atoms with van der Waals surface area (Å²) in [6, 6.07) is -0.754. The zero-order valence-electron chi connectivity index (χ0n) is 12.1. The summed E-state index contributed by atoms with van der Waals surface area (Å²) in [5, 5.41) is 0. The van der Waals surface area contributed by atoms with E-state index in [0.717, 1.165) is 0 Å². The predicted octanol–water partition coefficient (Wildman–Crippen LogP) is 2.53. The fourth-order valence-electron chi connectivity index (χ4n) is 1.43. The molecule has 1 amide bonds. The highest BCUT2D eigenvalue weighted by Gasteiger charge is 2.32. The van der Waals surface area contributed by atoms with Crippen LogP contribution < -0.4 is 0 Å². The van der Waals surface area contributed by atoms with E-state index in [1.165, 1.54) is 18.1 Å². The molecule has 0 fully saturated rings. The third kappa shape index (κ3) is 6.08. The molecular weight excluding hydrogens is 246 g/mol. The third-order valence-electron chi connectivity index (χ3n) is 2.19. The van der Waals surface area contributed by atoms with E-state index < -0.39 is 23.7 Å². The minimum atomic E-state index is -0.754. The lowest BCUT2D eigenvalue weighted by atomic mass is 10.1. The van der Waals surface area contributed by atoms with E-state index >= 15 is 0 Å². The topological polar surface area (TPSA) is 55.8 Å². The van der Waals surface area contributed by atoms with Gasteiger partial charge >= 0.3 is 12.1 Å². The van der Waals surface area contributed by atoms with E-state index in [2.05, 4.69) is 13.2 Å². The van der Waals surface area contributed by atoms with Gasteiger partial charge in [-0.3, -0.25) is 4.90 Å². The Kier molecular flexibility index (Phi) is 6.90. The van der Waals surface area contributed by atoms with E-state index in [1.807, 2.05) is 0 Å². The van der Waals surface area contributed by atoms with Gasteiger partial charge in [0, 0.05) is 6.54 Å². The van der Waals surface area contributed by atoms with Gasteiger partial charge in [-0.05, 0) is 27.2 Å². The average Bonchev–Trinajstić information content (AvgIpc) is 2.30. The van der Waals surface area contributed by atoms with Crippen molar-refractivity contribution >= 4 is 12.1 Å². The Morgan fingerprint density at radius 1 is 1.26 bits per heavy atom. The molecule has 0 aliphatic carbocycles. The van der Waals surface area contributed by atoms with E-state index in [4.69, 9.17) is 9.47 Å². The summed E-state index contributed by atoms with van der Waals surface area (Å²) in [5.41, 5.74) is -0.634. The standard InChI is InChI=1S/C14H23NO4/c1-7-9-11(12(16)18-6)15(10-8-2)13(17)19-14(3,4)5/h7-8,11H,1-2,9-10H2,3-6H3/t11-/m1/s1. The molecule has 0 bridgehead atoms. The van der Waals surface area contributed by atoms with Crippen molar-refractivity contribution in [2.45, 2.75) is 38.8 Å². The minimum absolute atomic E-state index is 0.197. The zero-order valence-corrected chi connectivity index (χ0v) is 12.1. The van der Waals surface area contributed by atoms with Gasteiger partial charge in [-0.25, -0.2) is 9.59 Å². The van der Waals surface area contributed by atoms with Gasteiger partial charge in [0.1, 0.15) is 11.6 Å².